The SMILES string of the molecule is Nc1ccccc1OCCOCCOCCOCCOCCOCCOCCOCCOCCOS(=O)(=O)c1ccccc1. The number of hydrogen-bond donors (Lipinski definition) is 1. The lowest BCUT2D eigenvalue weighted by atomic mass is 10.3. The average molecular weight is 646 g/mol. The van der Waals surface area contributed by atoms with E-state index in [4.69, 9.17) is 52.5 Å². The van der Waals surface area contributed by atoms with E-state index in [1.165, 1.54) is 12.1 Å². The first kappa shape index (κ1) is 37.8. The van der Waals surface area contributed by atoms with Gasteiger partial charge in [0.1, 0.15) is 12.4 Å². The van der Waals surface area contributed by atoms with Gasteiger partial charge in [0.25, 0.3) is 10.1 Å². The van der Waals surface area contributed by atoms with Gasteiger partial charge in [-0.3, -0.25) is 4.18 Å². The minimum absolute atomic E-state index is 0.0587. The molecule has 0 saturated heterocycles. The summed E-state index contributed by atoms with van der Waals surface area (Å²) in [5.74, 6) is 0.660. The van der Waals surface area contributed by atoms with Gasteiger partial charge in [0.05, 0.1) is 123 Å². The molecule has 2 rings (SSSR count). The fraction of sp³-hybridized carbons (Fsp3) is 0.600. The first-order chi connectivity index (χ1) is 21.6. The van der Waals surface area contributed by atoms with Crippen molar-refractivity contribution in [2.24, 2.45) is 0 Å². The maximum Gasteiger partial charge on any atom is 0.297 e. The third-order valence-corrected chi connectivity index (χ3v) is 6.83. The van der Waals surface area contributed by atoms with Crippen LogP contribution in [-0.4, -0.2) is 127 Å². The molecule has 13 nitrogen and oxygen atoms in total. The summed E-state index contributed by atoms with van der Waals surface area (Å²) in [6.45, 7) is 7.32. The van der Waals surface area contributed by atoms with E-state index in [2.05, 4.69) is 0 Å². The molecule has 0 aliphatic heterocycles. The van der Waals surface area contributed by atoms with Gasteiger partial charge in [0.2, 0.25) is 0 Å². The third-order valence-electron chi connectivity index (χ3n) is 5.51. The summed E-state index contributed by atoms with van der Waals surface area (Å²) in [4.78, 5) is 0.120. The predicted molar refractivity (Wildman–Crippen MR) is 162 cm³/mol. The van der Waals surface area contributed by atoms with Crippen molar-refractivity contribution in [1.29, 1.82) is 0 Å². The van der Waals surface area contributed by atoms with Crippen molar-refractivity contribution < 1.29 is 55.2 Å². The fourth-order valence-electron chi connectivity index (χ4n) is 3.32. The van der Waals surface area contributed by atoms with Crippen LogP contribution >= 0.6 is 0 Å². The quantitative estimate of drug-likeness (QED) is 0.0751. The normalized spacial score (nSPS) is 11.6. The molecular formula is C30H47NO12S. The lowest BCUT2D eigenvalue weighted by molar-refractivity contribution is -0.0240. The molecule has 2 aromatic rings. The van der Waals surface area contributed by atoms with E-state index in [0.717, 1.165) is 0 Å². The molecule has 0 aromatic heterocycles. The molecule has 0 amide bonds. The van der Waals surface area contributed by atoms with Gasteiger partial charge in [-0.1, -0.05) is 30.3 Å². The van der Waals surface area contributed by atoms with Crippen LogP contribution in [0.25, 0.3) is 0 Å². The average Bonchev–Trinajstić information content (AvgIpc) is 3.03. The zero-order chi connectivity index (χ0) is 31.4. The Kier molecular flexibility index (Phi) is 22.3. The highest BCUT2D eigenvalue weighted by atomic mass is 32.2. The second kappa shape index (κ2) is 25.9. The van der Waals surface area contributed by atoms with E-state index in [1.54, 1.807) is 24.3 Å². The minimum Gasteiger partial charge on any atom is -0.489 e. The van der Waals surface area contributed by atoms with Crippen molar-refractivity contribution in [1.82, 2.24) is 0 Å². The van der Waals surface area contributed by atoms with Gasteiger partial charge in [-0.15, -0.1) is 0 Å². The third kappa shape index (κ3) is 19.8. The summed E-state index contributed by atoms with van der Waals surface area (Å²) < 4.78 is 77.8. The number of hydrogen-bond acceptors (Lipinski definition) is 13. The Hall–Kier alpha value is -2.37. The topological polar surface area (TPSA) is 152 Å². The molecule has 44 heavy (non-hydrogen) atoms. The Bertz CT molecular complexity index is 1050. The van der Waals surface area contributed by atoms with Crippen molar-refractivity contribution >= 4 is 15.8 Å². The highest BCUT2D eigenvalue weighted by Crippen LogP contribution is 2.19. The van der Waals surface area contributed by atoms with E-state index in [9.17, 15) is 8.42 Å². The molecule has 250 valence electrons. The van der Waals surface area contributed by atoms with Gasteiger partial charge in [-0.05, 0) is 24.3 Å². The first-order valence-corrected chi connectivity index (χ1v) is 16.0. The van der Waals surface area contributed by atoms with Crippen LogP contribution in [0.2, 0.25) is 0 Å². The fourth-order valence-corrected chi connectivity index (χ4v) is 4.24. The van der Waals surface area contributed by atoms with E-state index < -0.39 is 10.1 Å². The summed E-state index contributed by atoms with van der Waals surface area (Å²) >= 11 is 0. The standard InChI is InChI=1S/C30H47NO12S/c31-29-8-4-5-9-30(29)42-26-24-40-22-20-38-18-16-36-14-12-34-10-11-35-13-15-37-17-19-39-21-23-41-25-27-43-44(32,33)28-6-2-1-3-7-28/h1-9H,10-27,31H2. The molecule has 0 atom stereocenters. The van der Waals surface area contributed by atoms with Crippen LogP contribution in [0.5, 0.6) is 5.75 Å². The van der Waals surface area contributed by atoms with E-state index in [1.807, 2.05) is 18.2 Å². The molecule has 0 unspecified atom stereocenters. The van der Waals surface area contributed by atoms with Crippen LogP contribution in [0.1, 0.15) is 0 Å². The Morgan fingerprint density at radius 2 is 0.773 bits per heavy atom. The largest absolute Gasteiger partial charge is 0.489 e. The second-order valence-electron chi connectivity index (χ2n) is 8.87. The number of nitrogen functional groups attached to an aromatic ring is 1. The highest BCUT2D eigenvalue weighted by Gasteiger charge is 2.13. The maximum atomic E-state index is 12.0. The molecule has 0 fully saturated rings. The summed E-state index contributed by atoms with van der Waals surface area (Å²) in [7, 11) is -3.76. The van der Waals surface area contributed by atoms with Crippen LogP contribution in [-0.2, 0) is 52.2 Å². The van der Waals surface area contributed by atoms with Gasteiger partial charge < -0.3 is 48.4 Å². The molecular weight excluding hydrogens is 598 g/mol. The number of para-hydroxylation sites is 2. The monoisotopic (exact) mass is 645 g/mol. The highest BCUT2D eigenvalue weighted by molar-refractivity contribution is 7.86. The Morgan fingerprint density at radius 3 is 1.18 bits per heavy atom. The van der Waals surface area contributed by atoms with Gasteiger partial charge in [0, 0.05) is 0 Å². The number of anilines is 1. The molecule has 0 spiro atoms. The van der Waals surface area contributed by atoms with Crippen molar-refractivity contribution in [2.45, 2.75) is 4.90 Å². The van der Waals surface area contributed by atoms with Crippen LogP contribution in [0.15, 0.2) is 59.5 Å². The number of rotatable bonds is 30. The second-order valence-corrected chi connectivity index (χ2v) is 10.5. The van der Waals surface area contributed by atoms with E-state index in [0.29, 0.717) is 117 Å². The van der Waals surface area contributed by atoms with Gasteiger partial charge in [-0.25, -0.2) is 0 Å². The molecule has 0 bridgehead atoms. The van der Waals surface area contributed by atoms with E-state index >= 15 is 0 Å². The van der Waals surface area contributed by atoms with Gasteiger partial charge in [0.15, 0.2) is 0 Å². The molecule has 0 aliphatic carbocycles. The molecule has 0 saturated carbocycles. The zero-order valence-corrected chi connectivity index (χ0v) is 26.1. The Morgan fingerprint density at radius 1 is 0.432 bits per heavy atom. The molecule has 14 heteroatoms. The van der Waals surface area contributed by atoms with Gasteiger partial charge in [-0.2, -0.15) is 8.42 Å². The molecule has 0 heterocycles. The number of nitrogens with two attached hydrogens (primary N) is 1. The summed E-state index contributed by atoms with van der Waals surface area (Å²) in [6.07, 6.45) is 0. The summed E-state index contributed by atoms with van der Waals surface area (Å²) in [5, 5.41) is 0. The van der Waals surface area contributed by atoms with Crippen LogP contribution in [0.3, 0.4) is 0 Å². The van der Waals surface area contributed by atoms with E-state index in [-0.39, 0.29) is 18.1 Å². The van der Waals surface area contributed by atoms with Crippen LogP contribution in [0, 0.1) is 0 Å². The molecule has 2 aromatic carbocycles. The zero-order valence-electron chi connectivity index (χ0n) is 25.3. The lowest BCUT2D eigenvalue weighted by Gasteiger charge is -2.09. The maximum absolute atomic E-state index is 12.0. The molecule has 2 N–H and O–H groups in total. The van der Waals surface area contributed by atoms with Crippen LogP contribution in [0.4, 0.5) is 5.69 Å². The Balaban J connectivity index is 1.19. The van der Waals surface area contributed by atoms with Crippen molar-refractivity contribution in [3.05, 3.63) is 54.6 Å². The van der Waals surface area contributed by atoms with Gasteiger partial charge >= 0.3 is 0 Å². The predicted octanol–water partition coefficient (Wildman–Crippen LogP) is 2.19. The van der Waals surface area contributed by atoms with Crippen molar-refractivity contribution in [3.8, 4) is 5.75 Å². The smallest absolute Gasteiger partial charge is 0.297 e. The minimum atomic E-state index is -3.76. The molecule has 0 radical (unpaired) electrons. The number of benzene rings is 2. The van der Waals surface area contributed by atoms with Crippen LogP contribution < -0.4 is 10.5 Å². The summed E-state index contributed by atoms with van der Waals surface area (Å²) in [5.41, 5.74) is 6.42. The Labute approximate surface area is 260 Å². The summed E-state index contributed by atoms with van der Waals surface area (Å²) in [6, 6.07) is 15.3. The van der Waals surface area contributed by atoms with Crippen molar-refractivity contribution in [2.75, 3.05) is 125 Å². The van der Waals surface area contributed by atoms with Crippen molar-refractivity contribution in [3.63, 3.8) is 0 Å². The number of ether oxygens (including phenoxy) is 9. The lowest BCUT2D eigenvalue weighted by Crippen LogP contribution is -2.15. The molecule has 0 aliphatic rings. The first-order valence-electron chi connectivity index (χ1n) is 14.6.